The first-order valence-corrected chi connectivity index (χ1v) is 5.82. The van der Waals surface area contributed by atoms with Crippen LogP contribution in [-0.2, 0) is 6.42 Å². The molecule has 3 heteroatoms. The molecule has 16 heavy (non-hydrogen) atoms. The van der Waals surface area contributed by atoms with Crippen molar-refractivity contribution in [2.24, 2.45) is 0 Å². The molecule has 1 aromatic rings. The Morgan fingerprint density at radius 1 is 1.44 bits per heavy atom. The van der Waals surface area contributed by atoms with Crippen LogP contribution in [0.3, 0.4) is 0 Å². The minimum Gasteiger partial charge on any atom is -0.487 e. The Morgan fingerprint density at radius 2 is 2.19 bits per heavy atom. The van der Waals surface area contributed by atoms with Gasteiger partial charge in [0.25, 0.3) is 0 Å². The van der Waals surface area contributed by atoms with E-state index in [0.29, 0.717) is 6.61 Å². The van der Waals surface area contributed by atoms with Crippen molar-refractivity contribution < 1.29 is 9.64 Å². The number of hydrogen-bond acceptors (Lipinski definition) is 1. The number of nitrogens with one attached hydrogen (secondary N) is 1. The number of rotatable bonds is 6. The Balaban J connectivity index is 2.66. The summed E-state index contributed by atoms with van der Waals surface area (Å²) >= 11 is 5.94. The molecule has 0 aliphatic heterocycles. The molecule has 0 saturated carbocycles. The molecule has 0 aliphatic carbocycles. The molecule has 0 aliphatic rings. The normalized spacial score (nSPS) is 10.5. The molecule has 1 rings (SSSR count). The van der Waals surface area contributed by atoms with E-state index in [1.807, 2.05) is 24.3 Å². The Hall–Kier alpha value is -0.990. The third kappa shape index (κ3) is 4.25. The maximum atomic E-state index is 5.94. The number of allylic oxidation sites excluding steroid dienone is 1. The van der Waals surface area contributed by atoms with Gasteiger partial charge in [-0.3, -0.25) is 0 Å². The molecule has 1 aromatic carbocycles. The van der Waals surface area contributed by atoms with Gasteiger partial charge in [-0.2, -0.15) is 0 Å². The van der Waals surface area contributed by atoms with Crippen LogP contribution in [0, 0.1) is 0 Å². The van der Waals surface area contributed by atoms with Crippen molar-refractivity contribution >= 4 is 11.6 Å². The largest absolute Gasteiger partial charge is 0.487 e. The van der Waals surface area contributed by atoms with Crippen molar-refractivity contribution in [3.63, 3.8) is 0 Å². The van der Waals surface area contributed by atoms with Gasteiger partial charge in [0.2, 0.25) is 0 Å². The summed E-state index contributed by atoms with van der Waals surface area (Å²) < 4.78 is 5.73. The molecule has 0 bridgehead atoms. The lowest BCUT2D eigenvalue weighted by molar-refractivity contribution is -0.858. The molecule has 2 nitrogen and oxygen atoms in total. The smallest absolute Gasteiger partial charge is 0.137 e. The Kier molecular flexibility index (Phi) is 5.36. The SMILES string of the molecule is C=CCc1cc(Cl)ccc1OCC[NH+](C)C. The lowest BCUT2D eigenvalue weighted by Crippen LogP contribution is -3.06. The summed E-state index contributed by atoms with van der Waals surface area (Å²) in [4.78, 5) is 1.37. The summed E-state index contributed by atoms with van der Waals surface area (Å²) in [7, 11) is 4.21. The van der Waals surface area contributed by atoms with E-state index in [9.17, 15) is 0 Å². The summed E-state index contributed by atoms with van der Waals surface area (Å²) in [6, 6.07) is 5.71. The number of likely N-dealkylation sites (N-methyl/N-ethyl adjacent to an activating group) is 1. The van der Waals surface area contributed by atoms with Gasteiger partial charge >= 0.3 is 0 Å². The monoisotopic (exact) mass is 240 g/mol. The molecule has 1 N–H and O–H groups in total. The average Bonchev–Trinajstić information content (AvgIpc) is 2.21. The van der Waals surface area contributed by atoms with E-state index >= 15 is 0 Å². The van der Waals surface area contributed by atoms with Crippen LogP contribution in [0.25, 0.3) is 0 Å². The Labute approximate surface area is 102 Å². The average molecular weight is 241 g/mol. The van der Waals surface area contributed by atoms with Gasteiger partial charge in [0.05, 0.1) is 14.1 Å². The molecule has 0 fully saturated rings. The van der Waals surface area contributed by atoms with Crippen molar-refractivity contribution in [3.8, 4) is 5.75 Å². The molecular weight excluding hydrogens is 222 g/mol. The molecule has 0 radical (unpaired) electrons. The van der Waals surface area contributed by atoms with Crippen LogP contribution >= 0.6 is 11.6 Å². The fraction of sp³-hybridized carbons (Fsp3) is 0.385. The van der Waals surface area contributed by atoms with Crippen molar-refractivity contribution in [2.75, 3.05) is 27.2 Å². The van der Waals surface area contributed by atoms with E-state index in [0.717, 1.165) is 29.3 Å². The van der Waals surface area contributed by atoms with E-state index in [1.165, 1.54) is 4.90 Å². The zero-order chi connectivity index (χ0) is 12.0. The summed E-state index contributed by atoms with van der Waals surface area (Å²) in [5, 5.41) is 0.738. The second-order valence-electron chi connectivity index (χ2n) is 4.05. The number of ether oxygens (including phenoxy) is 1. The third-order valence-electron chi connectivity index (χ3n) is 2.25. The van der Waals surface area contributed by atoms with Gasteiger partial charge in [-0.25, -0.2) is 0 Å². The second kappa shape index (κ2) is 6.56. The topological polar surface area (TPSA) is 13.7 Å². The highest BCUT2D eigenvalue weighted by Crippen LogP contribution is 2.23. The number of hydrogen-bond donors (Lipinski definition) is 1. The molecule has 88 valence electrons. The summed E-state index contributed by atoms with van der Waals surface area (Å²) in [6.07, 6.45) is 2.64. The van der Waals surface area contributed by atoms with E-state index in [-0.39, 0.29) is 0 Å². The maximum Gasteiger partial charge on any atom is 0.137 e. The quantitative estimate of drug-likeness (QED) is 0.746. The first-order chi connectivity index (χ1) is 7.63. The van der Waals surface area contributed by atoms with Crippen molar-refractivity contribution in [1.82, 2.24) is 0 Å². The predicted octanol–water partition coefficient (Wildman–Crippen LogP) is 1.59. The minimum absolute atomic E-state index is 0.716. The van der Waals surface area contributed by atoms with Crippen molar-refractivity contribution in [3.05, 3.63) is 41.4 Å². The van der Waals surface area contributed by atoms with Crippen LogP contribution in [0.2, 0.25) is 5.02 Å². The standard InChI is InChI=1S/C13H18ClNO/c1-4-5-11-10-12(14)6-7-13(11)16-9-8-15(2)3/h4,6-7,10H,1,5,8-9H2,2-3H3/p+1. The van der Waals surface area contributed by atoms with Crippen molar-refractivity contribution in [1.29, 1.82) is 0 Å². The van der Waals surface area contributed by atoms with E-state index in [4.69, 9.17) is 16.3 Å². The maximum absolute atomic E-state index is 5.94. The van der Waals surface area contributed by atoms with Crippen LogP contribution < -0.4 is 9.64 Å². The van der Waals surface area contributed by atoms with E-state index in [2.05, 4.69) is 20.7 Å². The highest BCUT2D eigenvalue weighted by molar-refractivity contribution is 6.30. The lowest BCUT2D eigenvalue weighted by atomic mass is 10.1. The molecule has 0 saturated heterocycles. The van der Waals surface area contributed by atoms with Gasteiger partial charge in [-0.15, -0.1) is 6.58 Å². The van der Waals surface area contributed by atoms with Crippen LogP contribution in [0.15, 0.2) is 30.9 Å². The third-order valence-corrected chi connectivity index (χ3v) is 2.48. The van der Waals surface area contributed by atoms with Gasteiger partial charge in [0.15, 0.2) is 0 Å². The molecule has 0 heterocycles. The van der Waals surface area contributed by atoms with Crippen LogP contribution in [0.5, 0.6) is 5.75 Å². The molecule has 0 unspecified atom stereocenters. The van der Waals surface area contributed by atoms with Crippen LogP contribution in [0.4, 0.5) is 0 Å². The van der Waals surface area contributed by atoms with E-state index < -0.39 is 0 Å². The van der Waals surface area contributed by atoms with Gasteiger partial charge in [-0.05, 0) is 30.2 Å². The Bertz CT molecular complexity index is 350. The van der Waals surface area contributed by atoms with Crippen LogP contribution in [0.1, 0.15) is 5.56 Å². The van der Waals surface area contributed by atoms with Gasteiger partial charge < -0.3 is 9.64 Å². The number of quaternary nitrogens is 1. The van der Waals surface area contributed by atoms with Crippen molar-refractivity contribution in [2.45, 2.75) is 6.42 Å². The Morgan fingerprint density at radius 3 is 2.81 bits per heavy atom. The minimum atomic E-state index is 0.716. The highest BCUT2D eigenvalue weighted by atomic mass is 35.5. The molecule has 0 spiro atoms. The van der Waals surface area contributed by atoms with Gasteiger partial charge in [-0.1, -0.05) is 17.7 Å². The zero-order valence-electron chi connectivity index (χ0n) is 9.92. The highest BCUT2D eigenvalue weighted by Gasteiger charge is 2.04. The fourth-order valence-corrected chi connectivity index (χ4v) is 1.56. The summed E-state index contributed by atoms with van der Waals surface area (Å²) in [5.41, 5.74) is 1.09. The predicted molar refractivity (Wildman–Crippen MR) is 68.5 cm³/mol. The van der Waals surface area contributed by atoms with Gasteiger partial charge in [0.1, 0.15) is 18.9 Å². The van der Waals surface area contributed by atoms with E-state index in [1.54, 1.807) is 0 Å². The first kappa shape index (κ1) is 13.1. The number of halogens is 1. The zero-order valence-corrected chi connectivity index (χ0v) is 10.7. The van der Waals surface area contributed by atoms with Gasteiger partial charge in [0, 0.05) is 5.02 Å². The first-order valence-electron chi connectivity index (χ1n) is 5.44. The second-order valence-corrected chi connectivity index (χ2v) is 4.49. The van der Waals surface area contributed by atoms with Crippen LogP contribution in [-0.4, -0.2) is 27.2 Å². The molecule has 0 atom stereocenters. The number of benzene rings is 1. The molecular formula is C13H19ClNO+. The fourth-order valence-electron chi connectivity index (χ4n) is 1.37. The molecule has 0 aromatic heterocycles. The molecule has 0 amide bonds. The summed E-state index contributed by atoms with van der Waals surface area (Å²) in [6.45, 7) is 5.43. The summed E-state index contributed by atoms with van der Waals surface area (Å²) in [5.74, 6) is 0.908. The lowest BCUT2D eigenvalue weighted by Gasteiger charge is -2.12.